The van der Waals surface area contributed by atoms with Gasteiger partial charge in [-0.25, -0.2) is 9.37 Å². The highest BCUT2D eigenvalue weighted by Gasteiger charge is 2.48. The highest BCUT2D eigenvalue weighted by Crippen LogP contribution is 2.48. The third-order valence-corrected chi connectivity index (χ3v) is 4.33. The lowest BCUT2D eigenvalue weighted by Crippen LogP contribution is -2.60. The van der Waals surface area contributed by atoms with Gasteiger partial charge in [-0.05, 0) is 44.1 Å². The molecule has 104 valence electrons. The summed E-state index contributed by atoms with van der Waals surface area (Å²) in [5.41, 5.74) is -0.171. The van der Waals surface area contributed by atoms with Crippen molar-refractivity contribution >= 4 is 0 Å². The minimum atomic E-state index is -1.34. The fraction of sp³-hybridized carbons (Fsp3) is 0.667. The fourth-order valence-corrected chi connectivity index (χ4v) is 3.07. The first kappa shape index (κ1) is 12.9. The third-order valence-electron chi connectivity index (χ3n) is 4.33. The summed E-state index contributed by atoms with van der Waals surface area (Å²) in [6, 6.07) is 3.51. The summed E-state index contributed by atoms with van der Waals surface area (Å²) in [5.74, 6) is 1.25. The fourth-order valence-electron chi connectivity index (χ4n) is 3.07. The van der Waals surface area contributed by atoms with E-state index >= 15 is 0 Å². The molecular formula is C15H21FN2O. The number of nitrogens with one attached hydrogen (secondary N) is 1. The largest absolute Gasteiger partial charge is 0.477 e. The molecule has 1 aliphatic carbocycles. The summed E-state index contributed by atoms with van der Waals surface area (Å²) < 4.78 is 19.4. The van der Waals surface area contributed by atoms with Crippen LogP contribution in [0.15, 0.2) is 18.3 Å². The molecule has 1 saturated heterocycles. The van der Waals surface area contributed by atoms with Crippen LogP contribution in [0.25, 0.3) is 0 Å². The summed E-state index contributed by atoms with van der Waals surface area (Å²) in [6.07, 6.45) is 4.08. The van der Waals surface area contributed by atoms with Crippen molar-refractivity contribution in [3.63, 3.8) is 0 Å². The number of halogens is 1. The van der Waals surface area contributed by atoms with Gasteiger partial charge in [0.1, 0.15) is 5.67 Å². The number of hydrogen-bond donors (Lipinski definition) is 1. The zero-order chi connectivity index (χ0) is 13.5. The SMILES string of the molecule is CC(C)(F)c1ccc(OCC2CC3(CNC3)C2)nc1. The lowest BCUT2D eigenvalue weighted by Gasteiger charge is -2.54. The van der Waals surface area contributed by atoms with Gasteiger partial charge in [-0.15, -0.1) is 0 Å². The van der Waals surface area contributed by atoms with Gasteiger partial charge in [0, 0.05) is 30.9 Å². The maximum absolute atomic E-state index is 13.7. The van der Waals surface area contributed by atoms with E-state index in [1.807, 2.05) is 0 Å². The molecule has 2 fully saturated rings. The first-order valence-electron chi connectivity index (χ1n) is 6.96. The Morgan fingerprint density at radius 2 is 2.16 bits per heavy atom. The molecule has 0 amide bonds. The molecule has 4 heteroatoms. The van der Waals surface area contributed by atoms with Gasteiger partial charge in [-0.3, -0.25) is 0 Å². The summed E-state index contributed by atoms with van der Waals surface area (Å²) in [4.78, 5) is 4.17. The molecule has 0 atom stereocenters. The average Bonchev–Trinajstić information content (AvgIpc) is 2.24. The van der Waals surface area contributed by atoms with E-state index in [0.29, 0.717) is 22.8 Å². The Hall–Kier alpha value is -1.16. The zero-order valence-electron chi connectivity index (χ0n) is 11.6. The van der Waals surface area contributed by atoms with Gasteiger partial charge < -0.3 is 10.1 Å². The van der Waals surface area contributed by atoms with Crippen molar-refractivity contribution in [3.05, 3.63) is 23.9 Å². The van der Waals surface area contributed by atoms with Crippen LogP contribution in [-0.2, 0) is 5.67 Å². The van der Waals surface area contributed by atoms with Crippen molar-refractivity contribution in [2.45, 2.75) is 32.4 Å². The van der Waals surface area contributed by atoms with Crippen molar-refractivity contribution < 1.29 is 9.13 Å². The molecule has 1 N–H and O–H groups in total. The van der Waals surface area contributed by atoms with Gasteiger partial charge in [0.25, 0.3) is 0 Å². The van der Waals surface area contributed by atoms with E-state index in [4.69, 9.17) is 4.74 Å². The number of hydrogen-bond acceptors (Lipinski definition) is 3. The molecule has 0 bridgehead atoms. The van der Waals surface area contributed by atoms with Crippen molar-refractivity contribution in [2.24, 2.45) is 11.3 Å². The van der Waals surface area contributed by atoms with Crippen LogP contribution < -0.4 is 10.1 Å². The van der Waals surface area contributed by atoms with E-state index in [1.165, 1.54) is 39.8 Å². The predicted octanol–water partition coefficient (Wildman–Crippen LogP) is 2.66. The molecule has 2 aliphatic rings. The van der Waals surface area contributed by atoms with Crippen molar-refractivity contribution in [2.75, 3.05) is 19.7 Å². The highest BCUT2D eigenvalue weighted by atomic mass is 19.1. The molecular weight excluding hydrogens is 243 g/mol. The maximum Gasteiger partial charge on any atom is 0.213 e. The second kappa shape index (κ2) is 4.44. The lowest BCUT2D eigenvalue weighted by atomic mass is 9.59. The molecule has 1 saturated carbocycles. The summed E-state index contributed by atoms with van der Waals surface area (Å²) in [6.45, 7) is 6.13. The van der Waals surface area contributed by atoms with Crippen LogP contribution in [0.3, 0.4) is 0 Å². The number of ether oxygens (including phenoxy) is 1. The van der Waals surface area contributed by atoms with Gasteiger partial charge >= 0.3 is 0 Å². The molecule has 1 spiro atoms. The summed E-state index contributed by atoms with van der Waals surface area (Å²) in [5, 5.41) is 3.33. The molecule has 1 aromatic rings. The van der Waals surface area contributed by atoms with Gasteiger partial charge in [0.2, 0.25) is 5.88 Å². The number of alkyl halides is 1. The van der Waals surface area contributed by atoms with Crippen molar-refractivity contribution in [1.29, 1.82) is 0 Å². The van der Waals surface area contributed by atoms with Crippen LogP contribution in [0.5, 0.6) is 5.88 Å². The Bertz CT molecular complexity index is 440. The number of pyridine rings is 1. The van der Waals surface area contributed by atoms with Crippen LogP contribution in [0, 0.1) is 11.3 Å². The number of aromatic nitrogens is 1. The molecule has 3 rings (SSSR count). The third kappa shape index (κ3) is 2.59. The Kier molecular flexibility index (Phi) is 3.01. The second-order valence-corrected chi connectivity index (χ2v) is 6.55. The molecule has 2 heterocycles. The second-order valence-electron chi connectivity index (χ2n) is 6.55. The van der Waals surface area contributed by atoms with Crippen molar-refractivity contribution in [1.82, 2.24) is 10.3 Å². The molecule has 1 aromatic heterocycles. The van der Waals surface area contributed by atoms with Crippen LogP contribution in [0.4, 0.5) is 4.39 Å². The van der Waals surface area contributed by atoms with Crippen LogP contribution in [0.2, 0.25) is 0 Å². The molecule has 3 nitrogen and oxygen atoms in total. The van der Waals surface area contributed by atoms with E-state index in [-0.39, 0.29) is 0 Å². The first-order chi connectivity index (χ1) is 8.97. The van der Waals surface area contributed by atoms with E-state index < -0.39 is 5.67 Å². The van der Waals surface area contributed by atoms with Gasteiger partial charge in [-0.2, -0.15) is 0 Å². The van der Waals surface area contributed by atoms with Crippen LogP contribution in [0.1, 0.15) is 32.3 Å². The van der Waals surface area contributed by atoms with Gasteiger partial charge in [0.15, 0.2) is 0 Å². The standard InChI is InChI=1S/C15H21FN2O/c1-14(2,16)12-3-4-13(18-7-12)19-8-11-5-15(6-11)9-17-10-15/h3-4,7,11,17H,5-6,8-10H2,1-2H3. The van der Waals surface area contributed by atoms with Crippen LogP contribution >= 0.6 is 0 Å². The van der Waals surface area contributed by atoms with E-state index in [9.17, 15) is 4.39 Å². The molecule has 0 aromatic carbocycles. The average molecular weight is 264 g/mol. The topological polar surface area (TPSA) is 34.1 Å². The number of nitrogens with zero attached hydrogens (tertiary/aromatic N) is 1. The van der Waals surface area contributed by atoms with E-state index in [1.54, 1.807) is 18.3 Å². The monoisotopic (exact) mass is 264 g/mol. The Morgan fingerprint density at radius 1 is 1.42 bits per heavy atom. The maximum atomic E-state index is 13.7. The lowest BCUT2D eigenvalue weighted by molar-refractivity contribution is -0.0206. The molecule has 1 aliphatic heterocycles. The van der Waals surface area contributed by atoms with E-state index in [0.717, 1.165) is 6.61 Å². The quantitative estimate of drug-likeness (QED) is 0.908. The molecule has 0 unspecified atom stereocenters. The van der Waals surface area contributed by atoms with E-state index in [2.05, 4.69) is 10.3 Å². The Labute approximate surface area is 113 Å². The Morgan fingerprint density at radius 3 is 2.63 bits per heavy atom. The number of rotatable bonds is 4. The zero-order valence-corrected chi connectivity index (χ0v) is 11.6. The minimum Gasteiger partial charge on any atom is -0.477 e. The smallest absolute Gasteiger partial charge is 0.213 e. The van der Waals surface area contributed by atoms with Gasteiger partial charge in [-0.1, -0.05) is 0 Å². The molecule has 0 radical (unpaired) electrons. The Balaban J connectivity index is 1.48. The first-order valence-corrected chi connectivity index (χ1v) is 6.96. The normalized spacial score (nSPS) is 21.8. The predicted molar refractivity (Wildman–Crippen MR) is 71.9 cm³/mol. The highest BCUT2D eigenvalue weighted by molar-refractivity contribution is 5.22. The van der Waals surface area contributed by atoms with Gasteiger partial charge in [0.05, 0.1) is 6.61 Å². The van der Waals surface area contributed by atoms with Crippen LogP contribution in [-0.4, -0.2) is 24.7 Å². The van der Waals surface area contributed by atoms with Crippen molar-refractivity contribution in [3.8, 4) is 5.88 Å². The minimum absolute atomic E-state index is 0.586. The molecule has 19 heavy (non-hydrogen) atoms. The summed E-state index contributed by atoms with van der Waals surface area (Å²) in [7, 11) is 0. The summed E-state index contributed by atoms with van der Waals surface area (Å²) >= 11 is 0.